The van der Waals surface area contributed by atoms with Gasteiger partial charge >= 0.3 is 0 Å². The van der Waals surface area contributed by atoms with Crippen LogP contribution in [-0.4, -0.2) is 37.8 Å². The maximum atomic E-state index is 13.2. The van der Waals surface area contributed by atoms with E-state index in [1.807, 2.05) is 0 Å². The first-order valence-corrected chi connectivity index (χ1v) is 6.47. The fraction of sp³-hybridized carbons (Fsp3) is 0.500. The number of nitrogens with one attached hydrogen (secondary N) is 1. The normalized spacial score (nSPS) is 19.2. The molecule has 1 aromatic carbocycles. The van der Waals surface area contributed by atoms with Crippen LogP contribution < -0.4 is 5.32 Å². The van der Waals surface area contributed by atoms with E-state index in [4.69, 9.17) is 0 Å². The van der Waals surface area contributed by atoms with Gasteiger partial charge in [0.05, 0.1) is 6.04 Å². The van der Waals surface area contributed by atoms with Crippen LogP contribution in [0, 0.1) is 5.82 Å². The SMILES string of the molecule is FC[C@H](c1cc(F)ccc1Br)N1CCNCC1. The Hall–Kier alpha value is -0.520. The third-order valence-corrected chi connectivity index (χ3v) is 3.78. The summed E-state index contributed by atoms with van der Waals surface area (Å²) in [5.74, 6) is -0.322. The molecule has 1 atom stereocenters. The van der Waals surface area contributed by atoms with E-state index in [2.05, 4.69) is 26.1 Å². The van der Waals surface area contributed by atoms with Crippen molar-refractivity contribution in [3.63, 3.8) is 0 Å². The van der Waals surface area contributed by atoms with Crippen LogP contribution in [-0.2, 0) is 0 Å². The Bertz CT molecular complexity index is 381. The van der Waals surface area contributed by atoms with Gasteiger partial charge in [0, 0.05) is 30.7 Å². The molecule has 0 amide bonds. The second kappa shape index (κ2) is 5.89. The van der Waals surface area contributed by atoms with Crippen molar-refractivity contribution in [3.05, 3.63) is 34.1 Å². The monoisotopic (exact) mass is 304 g/mol. The lowest BCUT2D eigenvalue weighted by atomic mass is 10.1. The second-order valence-corrected chi connectivity index (χ2v) is 4.98. The highest BCUT2D eigenvalue weighted by Crippen LogP contribution is 2.29. The molecule has 0 saturated carbocycles. The average Bonchev–Trinajstić information content (AvgIpc) is 2.36. The van der Waals surface area contributed by atoms with E-state index in [0.717, 1.165) is 30.7 Å². The number of piperazine rings is 1. The molecule has 0 aliphatic carbocycles. The van der Waals surface area contributed by atoms with E-state index >= 15 is 0 Å². The Balaban J connectivity index is 2.24. The molecule has 0 spiro atoms. The van der Waals surface area contributed by atoms with Crippen LogP contribution >= 0.6 is 15.9 Å². The van der Waals surface area contributed by atoms with E-state index < -0.39 is 6.67 Å². The van der Waals surface area contributed by atoms with Gasteiger partial charge in [0.1, 0.15) is 12.5 Å². The number of halogens is 3. The second-order valence-electron chi connectivity index (χ2n) is 4.12. The average molecular weight is 305 g/mol. The van der Waals surface area contributed by atoms with Gasteiger partial charge in [0.15, 0.2) is 0 Å². The molecule has 1 fully saturated rings. The van der Waals surface area contributed by atoms with Crippen LogP contribution in [0.2, 0.25) is 0 Å². The number of benzene rings is 1. The van der Waals surface area contributed by atoms with Gasteiger partial charge < -0.3 is 5.32 Å². The summed E-state index contributed by atoms with van der Waals surface area (Å²) in [6.07, 6.45) is 0. The first-order chi connectivity index (χ1) is 8.22. The van der Waals surface area contributed by atoms with E-state index in [1.54, 1.807) is 6.07 Å². The zero-order chi connectivity index (χ0) is 12.3. The lowest BCUT2D eigenvalue weighted by Gasteiger charge is -2.34. The molecule has 1 aliphatic rings. The van der Waals surface area contributed by atoms with Gasteiger partial charge in [0.25, 0.3) is 0 Å². The minimum atomic E-state index is -0.498. The lowest BCUT2D eigenvalue weighted by Crippen LogP contribution is -2.45. The van der Waals surface area contributed by atoms with Gasteiger partial charge in [-0.25, -0.2) is 8.78 Å². The summed E-state index contributed by atoms with van der Waals surface area (Å²) in [5, 5.41) is 3.22. The van der Waals surface area contributed by atoms with Crippen molar-refractivity contribution in [1.29, 1.82) is 0 Å². The van der Waals surface area contributed by atoms with E-state index in [0.29, 0.717) is 5.56 Å². The quantitative estimate of drug-likeness (QED) is 0.923. The van der Waals surface area contributed by atoms with Gasteiger partial charge in [-0.05, 0) is 23.8 Å². The molecule has 2 rings (SSSR count). The molecule has 1 aromatic rings. The number of hydrogen-bond acceptors (Lipinski definition) is 2. The fourth-order valence-corrected chi connectivity index (χ4v) is 2.65. The minimum absolute atomic E-state index is 0.322. The number of nitrogens with zero attached hydrogens (tertiary/aromatic N) is 1. The summed E-state index contributed by atoms with van der Waals surface area (Å²) in [5.41, 5.74) is 0.689. The zero-order valence-electron chi connectivity index (χ0n) is 9.43. The van der Waals surface area contributed by atoms with Gasteiger partial charge in [0.2, 0.25) is 0 Å². The summed E-state index contributed by atoms with van der Waals surface area (Å²) >= 11 is 3.36. The predicted octanol–water partition coefficient (Wildman–Crippen LogP) is 2.50. The fourth-order valence-electron chi connectivity index (χ4n) is 2.14. The van der Waals surface area contributed by atoms with E-state index in [1.165, 1.54) is 12.1 Å². The maximum absolute atomic E-state index is 13.2. The van der Waals surface area contributed by atoms with Gasteiger partial charge in [-0.15, -0.1) is 0 Å². The summed E-state index contributed by atoms with van der Waals surface area (Å²) in [6.45, 7) is 2.78. The standard InChI is InChI=1S/C12H15BrF2N2/c13-11-2-1-9(15)7-10(11)12(8-14)17-5-3-16-4-6-17/h1-2,7,12,16H,3-6,8H2/t12-/m1/s1. The van der Waals surface area contributed by atoms with Crippen LogP contribution in [0.15, 0.2) is 22.7 Å². The topological polar surface area (TPSA) is 15.3 Å². The van der Waals surface area contributed by atoms with Crippen molar-refractivity contribution in [1.82, 2.24) is 10.2 Å². The first kappa shape index (κ1) is 12.9. The molecule has 17 heavy (non-hydrogen) atoms. The van der Waals surface area contributed by atoms with Crippen molar-refractivity contribution in [2.45, 2.75) is 6.04 Å². The maximum Gasteiger partial charge on any atom is 0.123 e. The Morgan fingerprint density at radius 1 is 1.35 bits per heavy atom. The van der Waals surface area contributed by atoms with Crippen LogP contribution in [0.25, 0.3) is 0 Å². The Labute approximate surface area is 108 Å². The molecular weight excluding hydrogens is 290 g/mol. The Kier molecular flexibility index (Phi) is 4.48. The van der Waals surface area contributed by atoms with E-state index in [9.17, 15) is 8.78 Å². The smallest absolute Gasteiger partial charge is 0.123 e. The summed E-state index contributed by atoms with van der Waals surface area (Å²) in [7, 11) is 0. The molecule has 0 radical (unpaired) electrons. The molecule has 0 aromatic heterocycles. The molecule has 1 heterocycles. The highest BCUT2D eigenvalue weighted by atomic mass is 79.9. The third kappa shape index (κ3) is 3.03. The van der Waals surface area contributed by atoms with Crippen LogP contribution in [0.5, 0.6) is 0 Å². The van der Waals surface area contributed by atoms with Crippen LogP contribution in [0.1, 0.15) is 11.6 Å². The van der Waals surface area contributed by atoms with Crippen molar-refractivity contribution >= 4 is 15.9 Å². The van der Waals surface area contributed by atoms with Gasteiger partial charge in [-0.2, -0.15) is 0 Å². The Morgan fingerprint density at radius 3 is 2.71 bits per heavy atom. The number of hydrogen-bond donors (Lipinski definition) is 1. The predicted molar refractivity (Wildman–Crippen MR) is 67.3 cm³/mol. The summed E-state index contributed by atoms with van der Waals surface area (Å²) in [6, 6.07) is 4.06. The number of rotatable bonds is 3. The van der Waals surface area contributed by atoms with Crippen molar-refractivity contribution in [3.8, 4) is 0 Å². The van der Waals surface area contributed by atoms with Crippen LogP contribution in [0.3, 0.4) is 0 Å². The van der Waals surface area contributed by atoms with Crippen molar-refractivity contribution in [2.24, 2.45) is 0 Å². The minimum Gasteiger partial charge on any atom is -0.314 e. The van der Waals surface area contributed by atoms with Crippen molar-refractivity contribution < 1.29 is 8.78 Å². The molecular formula is C12H15BrF2N2. The molecule has 1 aliphatic heterocycles. The first-order valence-electron chi connectivity index (χ1n) is 5.68. The third-order valence-electron chi connectivity index (χ3n) is 3.06. The van der Waals surface area contributed by atoms with E-state index in [-0.39, 0.29) is 11.9 Å². The summed E-state index contributed by atoms with van der Waals surface area (Å²) in [4.78, 5) is 2.05. The largest absolute Gasteiger partial charge is 0.314 e. The molecule has 2 nitrogen and oxygen atoms in total. The van der Waals surface area contributed by atoms with Gasteiger partial charge in [-0.1, -0.05) is 15.9 Å². The summed E-state index contributed by atoms with van der Waals surface area (Å²) < 4.78 is 27.2. The zero-order valence-corrected chi connectivity index (χ0v) is 11.0. The molecule has 94 valence electrons. The highest BCUT2D eigenvalue weighted by Gasteiger charge is 2.24. The molecule has 5 heteroatoms. The lowest BCUT2D eigenvalue weighted by molar-refractivity contribution is 0.147. The molecule has 0 bridgehead atoms. The molecule has 1 saturated heterocycles. The number of alkyl halides is 1. The highest BCUT2D eigenvalue weighted by molar-refractivity contribution is 9.10. The Morgan fingerprint density at radius 2 is 2.06 bits per heavy atom. The van der Waals surface area contributed by atoms with Crippen molar-refractivity contribution in [2.75, 3.05) is 32.9 Å². The van der Waals surface area contributed by atoms with Crippen LogP contribution in [0.4, 0.5) is 8.78 Å². The molecule has 0 unspecified atom stereocenters. The molecule has 1 N–H and O–H groups in total. The van der Waals surface area contributed by atoms with Gasteiger partial charge in [-0.3, -0.25) is 4.90 Å².